The van der Waals surface area contributed by atoms with Gasteiger partial charge in [0.1, 0.15) is 12.3 Å². The molecule has 206 valence electrons. The zero-order valence-corrected chi connectivity index (χ0v) is 24.7. The number of hydrogen-bond donors (Lipinski definition) is 1. The third kappa shape index (κ3) is 5.05. The van der Waals surface area contributed by atoms with Gasteiger partial charge in [0.15, 0.2) is 5.17 Å². The summed E-state index contributed by atoms with van der Waals surface area (Å²) < 4.78 is 5.99. The fourth-order valence-corrected chi connectivity index (χ4v) is 6.27. The first kappa shape index (κ1) is 27.3. The number of benzene rings is 3. The Morgan fingerprint density at radius 2 is 1.85 bits per heavy atom. The van der Waals surface area contributed by atoms with Crippen molar-refractivity contribution < 1.29 is 19.1 Å². The molecule has 3 amide bonds. The Kier molecular flexibility index (Phi) is 7.18. The SMILES string of the molecule is COc1ccc(C2=NN(C(=O)CN3C(=O)/C(=C4\SC(N)=NC4=O)c4cc(Br)ccc43)C(c3ccc(Cl)cc3)C2)cc1. The number of hydrogen-bond acceptors (Lipinski definition) is 7. The summed E-state index contributed by atoms with van der Waals surface area (Å²) in [7, 11) is 1.60. The Morgan fingerprint density at radius 1 is 1.12 bits per heavy atom. The third-order valence-electron chi connectivity index (χ3n) is 6.95. The van der Waals surface area contributed by atoms with Gasteiger partial charge in [-0.15, -0.1) is 0 Å². The van der Waals surface area contributed by atoms with E-state index in [2.05, 4.69) is 20.9 Å². The molecule has 3 aliphatic heterocycles. The number of rotatable bonds is 5. The summed E-state index contributed by atoms with van der Waals surface area (Å²) in [6.45, 7) is -0.289. The number of fused-ring (bicyclic) bond motifs is 1. The third-order valence-corrected chi connectivity index (χ3v) is 8.58. The molecule has 3 aliphatic rings. The van der Waals surface area contributed by atoms with Crippen LogP contribution in [-0.4, -0.2) is 47.3 Å². The van der Waals surface area contributed by atoms with Crippen molar-refractivity contribution in [1.82, 2.24) is 5.01 Å². The van der Waals surface area contributed by atoms with Gasteiger partial charge in [0, 0.05) is 21.5 Å². The van der Waals surface area contributed by atoms with Crippen LogP contribution >= 0.6 is 39.3 Å². The van der Waals surface area contributed by atoms with Crippen molar-refractivity contribution in [3.05, 3.63) is 97.8 Å². The summed E-state index contributed by atoms with van der Waals surface area (Å²) in [5.41, 5.74) is 9.41. The summed E-state index contributed by atoms with van der Waals surface area (Å²) in [5, 5.41) is 6.80. The average molecular weight is 651 g/mol. The summed E-state index contributed by atoms with van der Waals surface area (Å²) in [6.07, 6.45) is 0.467. The van der Waals surface area contributed by atoms with E-state index in [1.807, 2.05) is 36.4 Å². The molecule has 0 saturated heterocycles. The van der Waals surface area contributed by atoms with E-state index in [-0.39, 0.29) is 28.1 Å². The topological polar surface area (TPSA) is 118 Å². The van der Waals surface area contributed by atoms with Crippen LogP contribution < -0.4 is 15.4 Å². The van der Waals surface area contributed by atoms with Gasteiger partial charge < -0.3 is 10.5 Å². The van der Waals surface area contributed by atoms with E-state index in [0.29, 0.717) is 28.4 Å². The molecular formula is C29H21BrClN5O4S. The molecule has 0 saturated carbocycles. The van der Waals surface area contributed by atoms with Crippen LogP contribution in [-0.2, 0) is 14.4 Å². The molecule has 9 nitrogen and oxygen atoms in total. The molecule has 0 spiro atoms. The van der Waals surface area contributed by atoms with E-state index >= 15 is 0 Å². The van der Waals surface area contributed by atoms with Gasteiger partial charge in [0.2, 0.25) is 0 Å². The molecule has 2 N–H and O–H groups in total. The number of carbonyl (C=O) groups is 3. The van der Waals surface area contributed by atoms with E-state index in [1.165, 1.54) is 9.91 Å². The number of nitrogens with zero attached hydrogens (tertiary/aromatic N) is 4. The molecular weight excluding hydrogens is 630 g/mol. The van der Waals surface area contributed by atoms with Crippen LogP contribution in [0.15, 0.2) is 86.2 Å². The molecule has 0 radical (unpaired) electrons. The lowest BCUT2D eigenvalue weighted by atomic mass is 9.98. The van der Waals surface area contributed by atoms with Gasteiger partial charge in [-0.25, -0.2) is 5.01 Å². The number of anilines is 1. The number of hydrazone groups is 1. The smallest absolute Gasteiger partial charge is 0.287 e. The molecule has 41 heavy (non-hydrogen) atoms. The van der Waals surface area contributed by atoms with Crippen LogP contribution in [0.25, 0.3) is 5.57 Å². The van der Waals surface area contributed by atoms with Gasteiger partial charge in [-0.3, -0.25) is 19.3 Å². The second kappa shape index (κ2) is 10.8. The van der Waals surface area contributed by atoms with Crippen LogP contribution in [0.1, 0.15) is 29.2 Å². The second-order valence-electron chi connectivity index (χ2n) is 9.40. The quantitative estimate of drug-likeness (QED) is 0.383. The molecule has 3 heterocycles. The van der Waals surface area contributed by atoms with Gasteiger partial charge in [0.25, 0.3) is 17.7 Å². The highest BCUT2D eigenvalue weighted by Gasteiger charge is 2.41. The van der Waals surface area contributed by atoms with Crippen molar-refractivity contribution in [3.63, 3.8) is 0 Å². The molecule has 0 bridgehead atoms. The van der Waals surface area contributed by atoms with Crippen molar-refractivity contribution >= 4 is 79.2 Å². The van der Waals surface area contributed by atoms with Crippen LogP contribution in [0.4, 0.5) is 5.69 Å². The number of aliphatic imine (C=N–C) groups is 1. The maximum Gasteiger partial charge on any atom is 0.287 e. The molecule has 6 rings (SSSR count). The number of thioether (sulfide) groups is 1. The zero-order chi connectivity index (χ0) is 28.8. The van der Waals surface area contributed by atoms with E-state index in [4.69, 9.17) is 27.2 Å². The Labute approximate surface area is 252 Å². The standard InChI is InChI=1S/C29H21BrClN5O4S/c1-40-19-9-4-15(5-10-19)21-13-23(16-2-7-18(31)8-3-16)36(34-21)24(37)14-35-22-11-6-17(30)12-20(22)25(28(35)39)26-27(38)33-29(32)41-26/h2-12,23H,13-14H2,1H3,(H2,32,33,38)/b26-25-. The minimum absolute atomic E-state index is 0.0691. The molecule has 1 atom stereocenters. The number of carbonyl (C=O) groups excluding carboxylic acids is 3. The number of methoxy groups -OCH3 is 1. The van der Waals surface area contributed by atoms with Crippen LogP contribution in [0, 0.1) is 0 Å². The largest absolute Gasteiger partial charge is 0.497 e. The Bertz CT molecular complexity index is 1710. The lowest BCUT2D eigenvalue weighted by molar-refractivity contribution is -0.132. The average Bonchev–Trinajstić information content (AvgIpc) is 3.62. The summed E-state index contributed by atoms with van der Waals surface area (Å²) in [5.74, 6) is -0.730. The van der Waals surface area contributed by atoms with E-state index in [0.717, 1.165) is 33.1 Å². The van der Waals surface area contributed by atoms with E-state index in [1.54, 1.807) is 37.4 Å². The van der Waals surface area contributed by atoms with E-state index < -0.39 is 17.9 Å². The molecule has 0 aromatic heterocycles. The number of ether oxygens (including phenoxy) is 1. The summed E-state index contributed by atoms with van der Waals surface area (Å²) in [6, 6.07) is 19.6. The van der Waals surface area contributed by atoms with Crippen molar-refractivity contribution in [1.29, 1.82) is 0 Å². The second-order valence-corrected chi connectivity index (χ2v) is 11.8. The predicted molar refractivity (Wildman–Crippen MR) is 163 cm³/mol. The highest BCUT2D eigenvalue weighted by Crippen LogP contribution is 2.44. The predicted octanol–water partition coefficient (Wildman–Crippen LogP) is 5.13. The van der Waals surface area contributed by atoms with Crippen LogP contribution in [0.5, 0.6) is 5.75 Å². The first-order chi connectivity index (χ1) is 19.7. The molecule has 1 unspecified atom stereocenters. The number of halogens is 2. The number of nitrogens with two attached hydrogens (primary N) is 1. The molecule has 3 aromatic rings. The minimum Gasteiger partial charge on any atom is -0.497 e. The minimum atomic E-state index is -0.578. The Morgan fingerprint density at radius 3 is 2.51 bits per heavy atom. The summed E-state index contributed by atoms with van der Waals surface area (Å²) in [4.78, 5) is 45.5. The fourth-order valence-electron chi connectivity index (χ4n) is 5.01. The van der Waals surface area contributed by atoms with Gasteiger partial charge in [0.05, 0.1) is 35.0 Å². The van der Waals surface area contributed by atoms with Gasteiger partial charge in [-0.05, 0) is 77.5 Å². The van der Waals surface area contributed by atoms with Crippen LogP contribution in [0.3, 0.4) is 0 Å². The lowest BCUT2D eigenvalue weighted by Gasteiger charge is -2.25. The van der Waals surface area contributed by atoms with E-state index in [9.17, 15) is 14.4 Å². The van der Waals surface area contributed by atoms with Gasteiger partial charge in [-0.2, -0.15) is 10.1 Å². The number of amides is 3. The molecule has 12 heteroatoms. The van der Waals surface area contributed by atoms with Crippen LogP contribution in [0.2, 0.25) is 5.02 Å². The highest BCUT2D eigenvalue weighted by atomic mass is 79.9. The first-order valence-corrected chi connectivity index (χ1v) is 14.4. The first-order valence-electron chi connectivity index (χ1n) is 12.5. The Balaban J connectivity index is 1.35. The maximum absolute atomic E-state index is 13.9. The van der Waals surface area contributed by atoms with Crippen molar-refractivity contribution in [3.8, 4) is 5.75 Å². The van der Waals surface area contributed by atoms with Gasteiger partial charge in [-0.1, -0.05) is 39.7 Å². The maximum atomic E-state index is 13.9. The molecule has 0 aliphatic carbocycles. The van der Waals surface area contributed by atoms with Crippen molar-refractivity contribution in [2.75, 3.05) is 18.6 Å². The highest BCUT2D eigenvalue weighted by molar-refractivity contribution is 9.10. The number of amidine groups is 1. The van der Waals surface area contributed by atoms with Crippen molar-refractivity contribution in [2.24, 2.45) is 15.8 Å². The normalized spacial score (nSPS) is 19.9. The monoisotopic (exact) mass is 649 g/mol. The zero-order valence-electron chi connectivity index (χ0n) is 21.5. The van der Waals surface area contributed by atoms with Crippen molar-refractivity contribution in [2.45, 2.75) is 12.5 Å². The lowest BCUT2D eigenvalue weighted by Crippen LogP contribution is -2.39. The molecule has 0 fully saturated rings. The summed E-state index contributed by atoms with van der Waals surface area (Å²) >= 11 is 10.5. The molecule has 3 aromatic carbocycles. The van der Waals surface area contributed by atoms with Gasteiger partial charge >= 0.3 is 0 Å². The Hall–Kier alpha value is -3.93. The fraction of sp³-hybridized carbons (Fsp3) is 0.138.